The van der Waals surface area contributed by atoms with E-state index in [1.165, 1.54) is 18.5 Å². The van der Waals surface area contributed by atoms with Gasteiger partial charge in [-0.05, 0) is 25.1 Å². The summed E-state index contributed by atoms with van der Waals surface area (Å²) in [6.07, 6.45) is 1.17. The van der Waals surface area contributed by atoms with Crippen LogP contribution < -0.4 is 9.46 Å². The molecule has 112 valence electrons. The number of hydrogen-bond donors (Lipinski definition) is 1. The number of rotatable bonds is 5. The number of nitrogens with one attached hydrogen (secondary N) is 1. The highest BCUT2D eigenvalue weighted by Crippen LogP contribution is 2.29. The Labute approximate surface area is 135 Å². The second kappa shape index (κ2) is 6.59. The van der Waals surface area contributed by atoms with Crippen molar-refractivity contribution in [3.05, 3.63) is 40.2 Å². The molecule has 0 fully saturated rings. The van der Waals surface area contributed by atoms with Crippen LogP contribution in [0.15, 0.2) is 40.0 Å². The fourth-order valence-corrected chi connectivity index (χ4v) is 3.38. The zero-order valence-electron chi connectivity index (χ0n) is 10.9. The molecule has 0 radical (unpaired) electrons. The lowest BCUT2D eigenvalue weighted by atomic mass is 10.3. The summed E-state index contributed by atoms with van der Waals surface area (Å²) in [6, 6.07) is 6.05. The minimum atomic E-state index is -3.86. The van der Waals surface area contributed by atoms with Gasteiger partial charge in [0, 0.05) is 10.5 Å². The largest absolute Gasteiger partial charge is 0.492 e. The van der Waals surface area contributed by atoms with E-state index in [-0.39, 0.29) is 21.6 Å². The van der Waals surface area contributed by atoms with Gasteiger partial charge >= 0.3 is 0 Å². The summed E-state index contributed by atoms with van der Waals surface area (Å²) in [5.74, 6) is 0.339. The molecule has 0 spiro atoms. The minimum Gasteiger partial charge on any atom is -0.492 e. The van der Waals surface area contributed by atoms with Gasteiger partial charge in [0.1, 0.15) is 27.9 Å². The van der Waals surface area contributed by atoms with Crippen LogP contribution in [-0.4, -0.2) is 25.0 Å². The van der Waals surface area contributed by atoms with Crippen LogP contribution in [0.3, 0.4) is 0 Å². The van der Waals surface area contributed by atoms with Gasteiger partial charge in [0.25, 0.3) is 10.0 Å². The Balaban J connectivity index is 2.41. The van der Waals surface area contributed by atoms with E-state index in [2.05, 4.69) is 30.6 Å². The van der Waals surface area contributed by atoms with Crippen LogP contribution in [0.4, 0.5) is 5.82 Å². The lowest BCUT2D eigenvalue weighted by Crippen LogP contribution is -2.15. The molecular weight excluding hydrogens is 382 g/mol. The van der Waals surface area contributed by atoms with Crippen molar-refractivity contribution in [2.24, 2.45) is 0 Å². The molecule has 0 aliphatic carbocycles. The smallest absolute Gasteiger partial charge is 0.266 e. The summed E-state index contributed by atoms with van der Waals surface area (Å²) in [5, 5.41) is 0.141. The summed E-state index contributed by atoms with van der Waals surface area (Å²) in [6.45, 7) is 2.12. The summed E-state index contributed by atoms with van der Waals surface area (Å²) >= 11 is 8.95. The van der Waals surface area contributed by atoms with E-state index in [1.807, 2.05) is 0 Å². The molecule has 21 heavy (non-hydrogen) atoms. The molecule has 1 heterocycles. The lowest BCUT2D eigenvalue weighted by Gasteiger charge is -2.12. The van der Waals surface area contributed by atoms with Crippen LogP contribution >= 0.6 is 27.5 Å². The van der Waals surface area contributed by atoms with E-state index in [1.54, 1.807) is 19.1 Å². The Morgan fingerprint density at radius 3 is 2.76 bits per heavy atom. The first kappa shape index (κ1) is 16.0. The van der Waals surface area contributed by atoms with Crippen LogP contribution in [0.2, 0.25) is 5.15 Å². The number of aromatic nitrogens is 2. The third-order valence-electron chi connectivity index (χ3n) is 2.37. The second-order valence-corrected chi connectivity index (χ2v) is 6.81. The maximum absolute atomic E-state index is 12.4. The van der Waals surface area contributed by atoms with Gasteiger partial charge in [-0.2, -0.15) is 0 Å². The number of anilines is 1. The number of benzene rings is 1. The van der Waals surface area contributed by atoms with Crippen molar-refractivity contribution in [3.63, 3.8) is 0 Å². The summed E-state index contributed by atoms with van der Waals surface area (Å²) in [5.41, 5.74) is 0. The summed E-state index contributed by atoms with van der Waals surface area (Å²) < 4.78 is 33.2. The number of hydrogen-bond acceptors (Lipinski definition) is 5. The Morgan fingerprint density at radius 2 is 2.10 bits per heavy atom. The van der Waals surface area contributed by atoms with Gasteiger partial charge in [-0.25, -0.2) is 18.4 Å². The zero-order chi connectivity index (χ0) is 15.5. The van der Waals surface area contributed by atoms with Crippen molar-refractivity contribution < 1.29 is 13.2 Å². The van der Waals surface area contributed by atoms with Crippen molar-refractivity contribution in [3.8, 4) is 5.75 Å². The molecule has 0 aliphatic heterocycles. The van der Waals surface area contributed by atoms with Crippen LogP contribution in [0, 0.1) is 0 Å². The van der Waals surface area contributed by atoms with Crippen LogP contribution in [0.5, 0.6) is 5.75 Å². The van der Waals surface area contributed by atoms with E-state index in [0.717, 1.165) is 0 Å². The molecule has 2 rings (SSSR count). The maximum Gasteiger partial charge on any atom is 0.266 e. The van der Waals surface area contributed by atoms with E-state index in [4.69, 9.17) is 16.3 Å². The van der Waals surface area contributed by atoms with E-state index in [9.17, 15) is 8.42 Å². The molecular formula is C12H11BrClN3O3S. The minimum absolute atomic E-state index is 0.00783. The van der Waals surface area contributed by atoms with Crippen LogP contribution in [-0.2, 0) is 10.0 Å². The van der Waals surface area contributed by atoms with Crippen molar-refractivity contribution in [1.82, 2.24) is 9.97 Å². The number of sulfonamides is 1. The first-order chi connectivity index (χ1) is 9.92. The maximum atomic E-state index is 12.4. The first-order valence-corrected chi connectivity index (χ1v) is 8.50. The van der Waals surface area contributed by atoms with Gasteiger partial charge in [0.15, 0.2) is 0 Å². The summed E-state index contributed by atoms with van der Waals surface area (Å²) in [4.78, 5) is 7.51. The second-order valence-electron chi connectivity index (χ2n) is 3.86. The van der Waals surface area contributed by atoms with E-state index >= 15 is 0 Å². The molecule has 0 atom stereocenters. The first-order valence-electron chi connectivity index (χ1n) is 5.85. The molecule has 2 aromatic rings. The monoisotopic (exact) mass is 391 g/mol. The molecule has 1 N–H and O–H groups in total. The average molecular weight is 393 g/mol. The number of nitrogens with zero attached hydrogens (tertiary/aromatic N) is 2. The van der Waals surface area contributed by atoms with Gasteiger partial charge in [-0.15, -0.1) is 0 Å². The Kier molecular flexibility index (Phi) is 5.02. The fraction of sp³-hybridized carbons (Fsp3) is 0.167. The van der Waals surface area contributed by atoms with Gasteiger partial charge < -0.3 is 4.74 Å². The molecule has 6 nitrogen and oxygen atoms in total. The highest BCUT2D eigenvalue weighted by atomic mass is 79.9. The molecule has 0 saturated heterocycles. The third-order valence-corrected chi connectivity index (χ3v) is 4.44. The normalized spacial score (nSPS) is 11.2. The topological polar surface area (TPSA) is 81.2 Å². The molecule has 1 aromatic heterocycles. The predicted octanol–water partition coefficient (Wildman–Crippen LogP) is 3.09. The third kappa shape index (κ3) is 4.05. The molecule has 1 aromatic carbocycles. The van der Waals surface area contributed by atoms with Crippen molar-refractivity contribution >= 4 is 43.4 Å². The van der Waals surface area contributed by atoms with Crippen LogP contribution in [0.25, 0.3) is 0 Å². The van der Waals surface area contributed by atoms with Gasteiger partial charge in [0.05, 0.1) is 6.61 Å². The SMILES string of the molecule is CCOc1ccc(Br)cc1S(=O)(=O)Nc1cc(Cl)ncn1. The Morgan fingerprint density at radius 1 is 1.33 bits per heavy atom. The summed E-state index contributed by atoms with van der Waals surface area (Å²) in [7, 11) is -3.86. The predicted molar refractivity (Wildman–Crippen MR) is 83.2 cm³/mol. The standard InChI is InChI=1S/C12H11BrClN3O3S/c1-2-20-9-4-3-8(13)5-10(9)21(18,19)17-12-6-11(14)15-7-16-12/h3-7H,2H2,1H3,(H,15,16,17). The lowest BCUT2D eigenvalue weighted by molar-refractivity contribution is 0.331. The highest BCUT2D eigenvalue weighted by Gasteiger charge is 2.21. The molecule has 0 amide bonds. The van der Waals surface area contributed by atoms with E-state index in [0.29, 0.717) is 11.1 Å². The highest BCUT2D eigenvalue weighted by molar-refractivity contribution is 9.10. The zero-order valence-corrected chi connectivity index (χ0v) is 14.0. The van der Waals surface area contributed by atoms with Crippen molar-refractivity contribution in [1.29, 1.82) is 0 Å². The molecule has 9 heteroatoms. The van der Waals surface area contributed by atoms with Crippen molar-refractivity contribution in [2.45, 2.75) is 11.8 Å². The molecule has 0 unspecified atom stereocenters. The van der Waals surface area contributed by atoms with E-state index < -0.39 is 10.0 Å². The Hall–Kier alpha value is -1.38. The van der Waals surface area contributed by atoms with Crippen molar-refractivity contribution in [2.75, 3.05) is 11.3 Å². The van der Waals surface area contributed by atoms with Gasteiger partial charge in [-0.3, -0.25) is 4.72 Å². The Bertz CT molecular complexity index is 755. The fourth-order valence-electron chi connectivity index (χ4n) is 1.55. The number of halogens is 2. The molecule has 0 aliphatic rings. The van der Waals surface area contributed by atoms with Crippen LogP contribution in [0.1, 0.15) is 6.92 Å². The van der Waals surface area contributed by atoms with Gasteiger partial charge in [0.2, 0.25) is 0 Å². The quantitative estimate of drug-likeness (QED) is 0.791. The van der Waals surface area contributed by atoms with Gasteiger partial charge in [-0.1, -0.05) is 27.5 Å². The molecule has 0 bridgehead atoms. The number of ether oxygens (including phenoxy) is 1. The molecule has 0 saturated carbocycles. The average Bonchev–Trinajstić information content (AvgIpc) is 2.40.